The third-order valence-corrected chi connectivity index (χ3v) is 4.50. The Kier molecular flexibility index (Phi) is 7.06. The molecule has 3 aromatic rings. The van der Waals surface area contributed by atoms with E-state index in [0.717, 1.165) is 16.8 Å². The first-order chi connectivity index (χ1) is 15.0. The first-order valence-corrected chi connectivity index (χ1v) is 9.67. The minimum absolute atomic E-state index is 0.248. The van der Waals surface area contributed by atoms with Gasteiger partial charge in [-0.15, -0.1) is 0 Å². The Balaban J connectivity index is 1.65. The van der Waals surface area contributed by atoms with E-state index in [1.165, 1.54) is 6.08 Å². The van der Waals surface area contributed by atoms with Crippen LogP contribution in [0.2, 0.25) is 0 Å². The number of aryl methyl sites for hydroxylation is 1. The summed E-state index contributed by atoms with van der Waals surface area (Å²) in [7, 11) is 3.12. The Hall–Kier alpha value is -4.06. The molecule has 6 nitrogen and oxygen atoms in total. The Bertz CT molecular complexity index is 1120. The predicted molar refractivity (Wildman–Crippen MR) is 123 cm³/mol. The van der Waals surface area contributed by atoms with Gasteiger partial charge in [-0.3, -0.25) is 9.59 Å². The fourth-order valence-corrected chi connectivity index (χ4v) is 2.98. The third kappa shape index (κ3) is 5.96. The molecule has 6 heteroatoms. The van der Waals surface area contributed by atoms with Crippen molar-refractivity contribution in [2.45, 2.75) is 6.92 Å². The largest absolute Gasteiger partial charge is 0.493 e. The molecule has 3 aromatic carbocycles. The molecule has 31 heavy (non-hydrogen) atoms. The van der Waals surface area contributed by atoms with E-state index < -0.39 is 0 Å². The van der Waals surface area contributed by atoms with Crippen molar-refractivity contribution in [3.05, 3.63) is 89.5 Å². The van der Waals surface area contributed by atoms with E-state index in [1.807, 2.05) is 37.3 Å². The summed E-state index contributed by atoms with van der Waals surface area (Å²) in [6, 6.07) is 19.7. The minimum atomic E-state index is -0.314. The maximum atomic E-state index is 12.5. The average molecular weight is 416 g/mol. The summed E-state index contributed by atoms with van der Waals surface area (Å²) < 4.78 is 10.5. The Labute approximate surface area is 181 Å². The highest BCUT2D eigenvalue weighted by Gasteiger charge is 2.08. The van der Waals surface area contributed by atoms with Crippen LogP contribution >= 0.6 is 0 Å². The summed E-state index contributed by atoms with van der Waals surface area (Å²) in [5, 5.41) is 5.63. The lowest BCUT2D eigenvalue weighted by Gasteiger charge is -2.08. The van der Waals surface area contributed by atoms with E-state index in [4.69, 9.17) is 9.47 Å². The van der Waals surface area contributed by atoms with Gasteiger partial charge < -0.3 is 20.1 Å². The smallest absolute Gasteiger partial charge is 0.255 e. The van der Waals surface area contributed by atoms with Crippen molar-refractivity contribution in [1.82, 2.24) is 0 Å². The molecular formula is C25H24N2O4. The monoisotopic (exact) mass is 416 g/mol. The molecule has 0 radical (unpaired) electrons. The van der Waals surface area contributed by atoms with Crippen molar-refractivity contribution < 1.29 is 19.1 Å². The molecule has 2 N–H and O–H groups in total. The summed E-state index contributed by atoms with van der Waals surface area (Å²) >= 11 is 0. The van der Waals surface area contributed by atoms with E-state index in [2.05, 4.69) is 10.6 Å². The number of carbonyl (C=O) groups is 2. The lowest BCUT2D eigenvalue weighted by Crippen LogP contribution is -2.13. The number of ether oxygens (including phenoxy) is 2. The Morgan fingerprint density at radius 3 is 2.23 bits per heavy atom. The van der Waals surface area contributed by atoms with Crippen molar-refractivity contribution in [2.75, 3.05) is 24.9 Å². The molecule has 0 aliphatic rings. The topological polar surface area (TPSA) is 76.7 Å². The first kappa shape index (κ1) is 21.6. The zero-order valence-corrected chi connectivity index (χ0v) is 17.6. The standard InChI is InChI=1S/C25H24N2O4/c1-17-6-4-8-20(14-17)27-25(29)19-7-5-9-21(16-19)26-24(28)13-11-18-10-12-22(30-2)23(15-18)31-3/h4-16H,1-3H3,(H,26,28)(H,27,29)/b13-11+. The molecule has 0 saturated carbocycles. The van der Waals surface area contributed by atoms with Gasteiger partial charge in [-0.1, -0.05) is 24.3 Å². The zero-order valence-electron chi connectivity index (χ0n) is 17.6. The fraction of sp³-hybridized carbons (Fsp3) is 0.120. The van der Waals surface area contributed by atoms with Crippen molar-refractivity contribution in [3.8, 4) is 11.5 Å². The van der Waals surface area contributed by atoms with Gasteiger partial charge in [0.1, 0.15) is 0 Å². The number of anilines is 2. The summed E-state index contributed by atoms with van der Waals surface area (Å²) in [5.74, 6) is 0.635. The molecule has 0 saturated heterocycles. The fourth-order valence-electron chi connectivity index (χ4n) is 2.98. The van der Waals surface area contributed by atoms with Gasteiger partial charge >= 0.3 is 0 Å². The van der Waals surface area contributed by atoms with Crippen LogP contribution in [0.4, 0.5) is 11.4 Å². The van der Waals surface area contributed by atoms with E-state index in [1.54, 1.807) is 56.7 Å². The highest BCUT2D eigenvalue weighted by molar-refractivity contribution is 6.06. The molecule has 2 amide bonds. The number of nitrogens with one attached hydrogen (secondary N) is 2. The lowest BCUT2D eigenvalue weighted by molar-refractivity contribution is -0.111. The van der Waals surface area contributed by atoms with Crippen LogP contribution in [0.1, 0.15) is 21.5 Å². The first-order valence-electron chi connectivity index (χ1n) is 9.67. The number of hydrogen-bond acceptors (Lipinski definition) is 4. The third-order valence-electron chi connectivity index (χ3n) is 4.50. The van der Waals surface area contributed by atoms with Crippen molar-refractivity contribution in [3.63, 3.8) is 0 Å². The number of rotatable bonds is 7. The lowest BCUT2D eigenvalue weighted by atomic mass is 10.1. The van der Waals surface area contributed by atoms with E-state index in [-0.39, 0.29) is 11.8 Å². The second kappa shape index (κ2) is 10.1. The summed E-state index contributed by atoms with van der Waals surface area (Å²) in [5.41, 5.74) is 3.54. The minimum Gasteiger partial charge on any atom is -0.493 e. The second-order valence-electron chi connectivity index (χ2n) is 6.84. The van der Waals surface area contributed by atoms with Crippen LogP contribution in [-0.2, 0) is 4.79 Å². The van der Waals surface area contributed by atoms with Crippen LogP contribution in [0.5, 0.6) is 11.5 Å². The maximum Gasteiger partial charge on any atom is 0.255 e. The number of benzene rings is 3. The molecule has 0 unspecified atom stereocenters. The summed E-state index contributed by atoms with van der Waals surface area (Å²) in [6.07, 6.45) is 3.09. The van der Waals surface area contributed by atoms with Crippen molar-refractivity contribution in [1.29, 1.82) is 0 Å². The SMILES string of the molecule is COc1ccc(/C=C/C(=O)Nc2cccc(C(=O)Nc3cccc(C)c3)c2)cc1OC. The number of hydrogen-bond donors (Lipinski definition) is 2. The highest BCUT2D eigenvalue weighted by Crippen LogP contribution is 2.28. The quantitative estimate of drug-likeness (QED) is 0.536. The van der Waals surface area contributed by atoms with Gasteiger partial charge in [-0.05, 0) is 66.6 Å². The van der Waals surface area contributed by atoms with Crippen LogP contribution in [0.15, 0.2) is 72.8 Å². The number of methoxy groups -OCH3 is 2. The van der Waals surface area contributed by atoms with Gasteiger partial charge in [-0.25, -0.2) is 0 Å². The molecule has 0 aromatic heterocycles. The number of carbonyl (C=O) groups excluding carboxylic acids is 2. The van der Waals surface area contributed by atoms with Crippen molar-refractivity contribution >= 4 is 29.3 Å². The van der Waals surface area contributed by atoms with E-state index in [0.29, 0.717) is 22.7 Å². The molecule has 0 heterocycles. The Morgan fingerprint density at radius 1 is 0.806 bits per heavy atom. The molecular weight excluding hydrogens is 392 g/mol. The predicted octanol–water partition coefficient (Wildman–Crippen LogP) is 4.92. The molecule has 158 valence electrons. The van der Waals surface area contributed by atoms with Gasteiger partial charge in [0, 0.05) is 23.0 Å². The van der Waals surface area contributed by atoms with E-state index >= 15 is 0 Å². The van der Waals surface area contributed by atoms with Crippen LogP contribution in [0, 0.1) is 6.92 Å². The molecule has 0 bridgehead atoms. The molecule has 0 atom stereocenters. The van der Waals surface area contributed by atoms with E-state index in [9.17, 15) is 9.59 Å². The molecule has 3 rings (SSSR count). The zero-order chi connectivity index (χ0) is 22.2. The van der Waals surface area contributed by atoms with Gasteiger partial charge in [0.25, 0.3) is 5.91 Å². The average Bonchev–Trinajstić information content (AvgIpc) is 2.77. The van der Waals surface area contributed by atoms with Crippen LogP contribution in [0.3, 0.4) is 0 Å². The molecule has 0 aliphatic heterocycles. The Morgan fingerprint density at radius 2 is 1.52 bits per heavy atom. The second-order valence-corrected chi connectivity index (χ2v) is 6.84. The molecule has 0 spiro atoms. The van der Waals surface area contributed by atoms with Crippen molar-refractivity contribution in [2.24, 2.45) is 0 Å². The highest BCUT2D eigenvalue weighted by atomic mass is 16.5. The van der Waals surface area contributed by atoms with Gasteiger partial charge in [-0.2, -0.15) is 0 Å². The van der Waals surface area contributed by atoms with Gasteiger partial charge in [0.2, 0.25) is 5.91 Å². The van der Waals surface area contributed by atoms with Crippen LogP contribution in [-0.4, -0.2) is 26.0 Å². The normalized spacial score (nSPS) is 10.5. The maximum absolute atomic E-state index is 12.5. The summed E-state index contributed by atoms with van der Waals surface area (Å²) in [4.78, 5) is 24.8. The molecule has 0 aliphatic carbocycles. The number of amides is 2. The summed E-state index contributed by atoms with van der Waals surface area (Å²) in [6.45, 7) is 1.96. The molecule has 0 fully saturated rings. The van der Waals surface area contributed by atoms with Crippen LogP contribution < -0.4 is 20.1 Å². The van der Waals surface area contributed by atoms with Crippen LogP contribution in [0.25, 0.3) is 6.08 Å². The van der Waals surface area contributed by atoms with Gasteiger partial charge in [0.05, 0.1) is 14.2 Å². The van der Waals surface area contributed by atoms with Gasteiger partial charge in [0.15, 0.2) is 11.5 Å².